The third kappa shape index (κ3) is 5.83. The lowest BCUT2D eigenvalue weighted by molar-refractivity contribution is -0.168. The predicted molar refractivity (Wildman–Crippen MR) is 64.2 cm³/mol. The van der Waals surface area contributed by atoms with Crippen molar-refractivity contribution in [1.29, 1.82) is 0 Å². The minimum absolute atomic E-state index is 0.0318. The highest BCUT2D eigenvalue weighted by Crippen LogP contribution is 2.18. The van der Waals surface area contributed by atoms with E-state index in [9.17, 15) is 0 Å². The molecule has 0 aromatic heterocycles. The number of hydrogen-bond acceptors (Lipinski definition) is 3. The molecule has 1 aliphatic rings. The smallest absolute Gasteiger partial charge is 0.157 e. The van der Waals surface area contributed by atoms with Crippen molar-refractivity contribution in [3.05, 3.63) is 0 Å². The minimum Gasteiger partial charge on any atom is -0.396 e. The van der Waals surface area contributed by atoms with E-state index in [4.69, 9.17) is 14.6 Å². The summed E-state index contributed by atoms with van der Waals surface area (Å²) in [5.74, 6) is 1.13. The summed E-state index contributed by atoms with van der Waals surface area (Å²) >= 11 is 0. The Kier molecular flexibility index (Phi) is 7.01. The van der Waals surface area contributed by atoms with E-state index in [1.54, 1.807) is 0 Å². The molecule has 0 spiro atoms. The highest BCUT2D eigenvalue weighted by Gasteiger charge is 2.16. The van der Waals surface area contributed by atoms with E-state index in [1.165, 1.54) is 12.8 Å². The van der Waals surface area contributed by atoms with Gasteiger partial charge in [-0.2, -0.15) is 0 Å². The summed E-state index contributed by atoms with van der Waals surface area (Å²) in [4.78, 5) is 0. The summed E-state index contributed by atoms with van der Waals surface area (Å²) < 4.78 is 11.3. The van der Waals surface area contributed by atoms with Gasteiger partial charge >= 0.3 is 0 Å². The maximum Gasteiger partial charge on any atom is 0.157 e. The van der Waals surface area contributed by atoms with Crippen LogP contribution >= 0.6 is 0 Å². The van der Waals surface area contributed by atoms with Crippen LogP contribution in [0.3, 0.4) is 0 Å². The number of ether oxygens (including phenoxy) is 2. The van der Waals surface area contributed by atoms with Gasteiger partial charge in [-0.3, -0.25) is 0 Å². The molecule has 1 rings (SSSR count). The van der Waals surface area contributed by atoms with Crippen molar-refractivity contribution in [2.75, 3.05) is 19.8 Å². The van der Waals surface area contributed by atoms with E-state index in [-0.39, 0.29) is 6.29 Å². The molecule has 0 aromatic rings. The molecule has 96 valence electrons. The minimum atomic E-state index is 0.0318. The molecule has 3 atom stereocenters. The molecule has 16 heavy (non-hydrogen) atoms. The second-order valence-corrected chi connectivity index (χ2v) is 5.09. The second-order valence-electron chi connectivity index (χ2n) is 5.09. The lowest BCUT2D eigenvalue weighted by Gasteiger charge is -2.25. The van der Waals surface area contributed by atoms with Crippen molar-refractivity contribution >= 4 is 0 Å². The summed E-state index contributed by atoms with van der Waals surface area (Å²) in [5, 5.41) is 8.83. The molecule has 3 nitrogen and oxygen atoms in total. The first-order valence-corrected chi connectivity index (χ1v) is 6.56. The number of rotatable bonds is 7. The van der Waals surface area contributed by atoms with Gasteiger partial charge in [-0.15, -0.1) is 0 Å². The van der Waals surface area contributed by atoms with Crippen LogP contribution in [0.25, 0.3) is 0 Å². The van der Waals surface area contributed by atoms with Gasteiger partial charge in [-0.1, -0.05) is 13.8 Å². The Morgan fingerprint density at radius 1 is 1.31 bits per heavy atom. The third-order valence-corrected chi connectivity index (χ3v) is 3.13. The molecule has 3 heteroatoms. The van der Waals surface area contributed by atoms with Crippen LogP contribution in [0.5, 0.6) is 0 Å². The van der Waals surface area contributed by atoms with Gasteiger partial charge in [0.1, 0.15) is 0 Å². The van der Waals surface area contributed by atoms with Crippen molar-refractivity contribution in [2.24, 2.45) is 11.8 Å². The zero-order chi connectivity index (χ0) is 11.8. The first kappa shape index (κ1) is 13.9. The van der Waals surface area contributed by atoms with Gasteiger partial charge < -0.3 is 14.6 Å². The number of aliphatic hydroxyl groups is 1. The van der Waals surface area contributed by atoms with E-state index >= 15 is 0 Å². The van der Waals surface area contributed by atoms with E-state index in [0.717, 1.165) is 32.5 Å². The summed E-state index contributed by atoms with van der Waals surface area (Å²) in [5.41, 5.74) is 0. The monoisotopic (exact) mass is 230 g/mol. The zero-order valence-electron chi connectivity index (χ0n) is 10.7. The quantitative estimate of drug-likeness (QED) is 0.730. The molecule has 0 aliphatic carbocycles. The maximum absolute atomic E-state index is 8.83. The van der Waals surface area contributed by atoms with E-state index in [0.29, 0.717) is 18.4 Å². The van der Waals surface area contributed by atoms with Gasteiger partial charge in [0, 0.05) is 13.2 Å². The van der Waals surface area contributed by atoms with Gasteiger partial charge in [0.15, 0.2) is 6.29 Å². The van der Waals surface area contributed by atoms with Crippen molar-refractivity contribution in [3.63, 3.8) is 0 Å². The average molecular weight is 230 g/mol. The largest absolute Gasteiger partial charge is 0.396 e. The average Bonchev–Trinajstić information content (AvgIpc) is 2.28. The fraction of sp³-hybridized carbons (Fsp3) is 1.00. The van der Waals surface area contributed by atoms with E-state index < -0.39 is 0 Å². The van der Waals surface area contributed by atoms with Crippen molar-refractivity contribution in [2.45, 2.75) is 52.2 Å². The first-order chi connectivity index (χ1) is 7.72. The van der Waals surface area contributed by atoms with Crippen LogP contribution in [0.2, 0.25) is 0 Å². The number of hydrogen-bond donors (Lipinski definition) is 1. The molecule has 0 amide bonds. The SMILES string of the molecule is C[C@H](COC1CCCCO1)C[C@@H](C)CCO. The van der Waals surface area contributed by atoms with Gasteiger partial charge in [-0.25, -0.2) is 0 Å². The molecule has 1 N–H and O–H groups in total. The Labute approximate surface area is 99.1 Å². The molecule has 1 saturated heterocycles. The molecule has 1 aliphatic heterocycles. The van der Waals surface area contributed by atoms with Gasteiger partial charge in [0.05, 0.1) is 6.61 Å². The Balaban J connectivity index is 2.06. The van der Waals surface area contributed by atoms with Gasteiger partial charge in [0.25, 0.3) is 0 Å². The molecule has 1 heterocycles. The first-order valence-electron chi connectivity index (χ1n) is 6.56. The van der Waals surface area contributed by atoms with Crippen LogP contribution in [0, 0.1) is 11.8 Å². The van der Waals surface area contributed by atoms with Crippen LogP contribution < -0.4 is 0 Å². The van der Waals surface area contributed by atoms with Crippen molar-refractivity contribution in [1.82, 2.24) is 0 Å². The third-order valence-electron chi connectivity index (χ3n) is 3.13. The highest BCUT2D eigenvalue weighted by molar-refractivity contribution is 4.60. The molecular weight excluding hydrogens is 204 g/mol. The molecule has 0 aromatic carbocycles. The zero-order valence-corrected chi connectivity index (χ0v) is 10.7. The van der Waals surface area contributed by atoms with Crippen LogP contribution in [0.15, 0.2) is 0 Å². The predicted octanol–water partition coefficient (Wildman–Crippen LogP) is 2.57. The molecule has 0 radical (unpaired) electrons. The maximum atomic E-state index is 8.83. The standard InChI is InChI=1S/C13H26O3/c1-11(6-7-14)9-12(2)10-16-13-5-3-4-8-15-13/h11-14H,3-10H2,1-2H3/t11-,12-,13?/m0/s1. The van der Waals surface area contributed by atoms with Crippen LogP contribution in [0.1, 0.15) is 46.0 Å². The Hall–Kier alpha value is -0.120. The fourth-order valence-electron chi connectivity index (χ4n) is 2.21. The topological polar surface area (TPSA) is 38.7 Å². The van der Waals surface area contributed by atoms with Crippen molar-refractivity contribution in [3.8, 4) is 0 Å². The van der Waals surface area contributed by atoms with Crippen LogP contribution in [-0.2, 0) is 9.47 Å². The van der Waals surface area contributed by atoms with Gasteiger partial charge in [0.2, 0.25) is 0 Å². The van der Waals surface area contributed by atoms with Gasteiger partial charge in [-0.05, 0) is 43.9 Å². The summed E-state index contributed by atoms with van der Waals surface area (Å²) in [6.45, 7) is 6.31. The van der Waals surface area contributed by atoms with E-state index in [1.807, 2.05) is 0 Å². The molecule has 1 unspecified atom stereocenters. The second kappa shape index (κ2) is 8.04. The Morgan fingerprint density at radius 3 is 2.75 bits per heavy atom. The lowest BCUT2D eigenvalue weighted by atomic mass is 9.95. The Bertz CT molecular complexity index is 167. The Morgan fingerprint density at radius 2 is 2.12 bits per heavy atom. The number of aliphatic hydroxyl groups excluding tert-OH is 1. The molecule has 0 saturated carbocycles. The summed E-state index contributed by atoms with van der Waals surface area (Å²) in [7, 11) is 0. The van der Waals surface area contributed by atoms with E-state index in [2.05, 4.69) is 13.8 Å². The normalized spacial score (nSPS) is 25.3. The molecule has 0 bridgehead atoms. The lowest BCUT2D eigenvalue weighted by Crippen LogP contribution is -2.25. The molecule has 1 fully saturated rings. The highest BCUT2D eigenvalue weighted by atomic mass is 16.7. The summed E-state index contributed by atoms with van der Waals surface area (Å²) in [6, 6.07) is 0. The van der Waals surface area contributed by atoms with Crippen LogP contribution in [0.4, 0.5) is 0 Å². The van der Waals surface area contributed by atoms with Crippen molar-refractivity contribution < 1.29 is 14.6 Å². The van der Waals surface area contributed by atoms with Crippen LogP contribution in [-0.4, -0.2) is 31.2 Å². The molecular formula is C13H26O3. The summed E-state index contributed by atoms with van der Waals surface area (Å²) in [6.07, 6.45) is 5.48. The fourth-order valence-corrected chi connectivity index (χ4v) is 2.21.